The number of rotatable bonds is 6. The van der Waals surface area contributed by atoms with Crippen molar-refractivity contribution in [2.75, 3.05) is 6.54 Å². The Morgan fingerprint density at radius 3 is 2.81 bits per heavy atom. The van der Waals surface area contributed by atoms with Gasteiger partial charge in [-0.25, -0.2) is 18.1 Å². The number of nitrogens with two attached hydrogens (primary N) is 1. The van der Waals surface area contributed by atoms with Crippen molar-refractivity contribution in [3.8, 4) is 0 Å². The molecular formula is C13H17BrN4O2S. The molecule has 2 aromatic rings. The zero-order valence-electron chi connectivity index (χ0n) is 11.6. The molecule has 114 valence electrons. The maximum atomic E-state index is 12.4. The van der Waals surface area contributed by atoms with E-state index in [1.54, 1.807) is 25.5 Å². The van der Waals surface area contributed by atoms with Gasteiger partial charge in [0.2, 0.25) is 10.0 Å². The highest BCUT2D eigenvalue weighted by Crippen LogP contribution is 2.25. The van der Waals surface area contributed by atoms with Crippen LogP contribution < -0.4 is 10.5 Å². The molecule has 6 nitrogen and oxygen atoms in total. The number of benzene rings is 1. The maximum Gasteiger partial charge on any atom is 0.240 e. The molecule has 0 saturated carbocycles. The van der Waals surface area contributed by atoms with Gasteiger partial charge >= 0.3 is 0 Å². The minimum absolute atomic E-state index is 0.252. The predicted octanol–water partition coefficient (Wildman–Crippen LogP) is 1.46. The van der Waals surface area contributed by atoms with Crippen LogP contribution >= 0.6 is 15.9 Å². The minimum atomic E-state index is -3.57. The molecule has 0 aliphatic rings. The number of sulfonamides is 1. The molecule has 0 unspecified atom stereocenters. The smallest absolute Gasteiger partial charge is 0.240 e. The van der Waals surface area contributed by atoms with Crippen LogP contribution in [0.15, 0.2) is 34.0 Å². The first-order valence-electron chi connectivity index (χ1n) is 6.40. The second-order valence-corrected chi connectivity index (χ2v) is 7.22. The van der Waals surface area contributed by atoms with Crippen molar-refractivity contribution in [3.05, 3.63) is 46.0 Å². The number of aromatic amines is 1. The lowest BCUT2D eigenvalue weighted by Gasteiger charge is -2.12. The molecule has 0 aliphatic heterocycles. The zero-order valence-corrected chi connectivity index (χ0v) is 14.0. The number of hydrogen-bond donors (Lipinski definition) is 3. The summed E-state index contributed by atoms with van der Waals surface area (Å²) in [6, 6.07) is 3.44. The molecule has 8 heteroatoms. The number of aromatic nitrogens is 2. The molecule has 0 fully saturated rings. The summed E-state index contributed by atoms with van der Waals surface area (Å²) in [5.74, 6) is 0. The van der Waals surface area contributed by atoms with E-state index in [0.29, 0.717) is 18.5 Å². The first-order valence-corrected chi connectivity index (χ1v) is 8.67. The lowest BCUT2D eigenvalue weighted by atomic mass is 10.1. The van der Waals surface area contributed by atoms with Gasteiger partial charge in [0, 0.05) is 35.9 Å². The molecule has 0 aliphatic carbocycles. The Bertz CT molecular complexity index is 714. The predicted molar refractivity (Wildman–Crippen MR) is 84.3 cm³/mol. The number of H-pyrrole nitrogens is 1. The monoisotopic (exact) mass is 372 g/mol. The van der Waals surface area contributed by atoms with E-state index in [4.69, 9.17) is 5.73 Å². The Morgan fingerprint density at radius 2 is 2.19 bits per heavy atom. The molecule has 0 saturated heterocycles. The van der Waals surface area contributed by atoms with E-state index in [9.17, 15) is 8.42 Å². The van der Waals surface area contributed by atoms with Crippen molar-refractivity contribution >= 4 is 26.0 Å². The van der Waals surface area contributed by atoms with Crippen LogP contribution in [0.3, 0.4) is 0 Å². The summed E-state index contributed by atoms with van der Waals surface area (Å²) in [7, 11) is -3.57. The molecule has 1 aromatic heterocycles. The molecule has 0 radical (unpaired) electrons. The summed E-state index contributed by atoms with van der Waals surface area (Å²) in [4.78, 5) is 7.07. The summed E-state index contributed by atoms with van der Waals surface area (Å²) in [5.41, 5.74) is 7.91. The average Bonchev–Trinajstić information content (AvgIpc) is 2.94. The fourth-order valence-electron chi connectivity index (χ4n) is 1.92. The highest BCUT2D eigenvalue weighted by molar-refractivity contribution is 9.10. The first-order chi connectivity index (χ1) is 9.94. The van der Waals surface area contributed by atoms with Crippen LogP contribution in [0.25, 0.3) is 0 Å². The molecule has 0 amide bonds. The lowest BCUT2D eigenvalue weighted by Crippen LogP contribution is -2.27. The summed E-state index contributed by atoms with van der Waals surface area (Å²) in [5, 5.41) is 0. The van der Waals surface area contributed by atoms with Crippen molar-refractivity contribution in [1.29, 1.82) is 0 Å². The van der Waals surface area contributed by atoms with Gasteiger partial charge in [-0.3, -0.25) is 0 Å². The van der Waals surface area contributed by atoms with Crippen molar-refractivity contribution in [2.45, 2.75) is 24.8 Å². The van der Waals surface area contributed by atoms with E-state index in [1.165, 1.54) is 0 Å². The molecule has 1 heterocycles. The third-order valence-corrected chi connectivity index (χ3v) is 5.53. The summed E-state index contributed by atoms with van der Waals surface area (Å²) >= 11 is 3.37. The zero-order chi connectivity index (χ0) is 15.5. The number of nitrogens with zero attached hydrogens (tertiary/aromatic N) is 1. The Morgan fingerprint density at radius 1 is 1.43 bits per heavy atom. The largest absolute Gasteiger partial charge is 0.348 e. The standard InChI is InChI=1S/C13H17BrN4O2S/c1-9-12(14)4-10(6-15)5-13(9)21(19,20)18-3-2-11-7-16-8-17-11/h4-5,7-8,18H,2-3,6,15H2,1H3,(H,16,17). The quantitative estimate of drug-likeness (QED) is 0.714. The van der Waals surface area contributed by atoms with Crippen LogP contribution in [0.4, 0.5) is 0 Å². The molecule has 21 heavy (non-hydrogen) atoms. The van der Waals surface area contributed by atoms with Gasteiger partial charge in [0.05, 0.1) is 11.2 Å². The Hall–Kier alpha value is -1.22. The van der Waals surface area contributed by atoms with E-state index < -0.39 is 10.0 Å². The van der Waals surface area contributed by atoms with E-state index >= 15 is 0 Å². The SMILES string of the molecule is Cc1c(Br)cc(CN)cc1S(=O)(=O)NCCc1cnc[nH]1. The van der Waals surface area contributed by atoms with Crippen LogP contribution in [0.2, 0.25) is 0 Å². The van der Waals surface area contributed by atoms with Gasteiger partial charge in [0.25, 0.3) is 0 Å². The molecular weight excluding hydrogens is 356 g/mol. The van der Waals surface area contributed by atoms with E-state index in [0.717, 1.165) is 15.7 Å². The van der Waals surface area contributed by atoms with Gasteiger partial charge in [0.1, 0.15) is 0 Å². The van der Waals surface area contributed by atoms with Gasteiger partial charge in [-0.05, 0) is 30.2 Å². The second kappa shape index (κ2) is 6.69. The average molecular weight is 373 g/mol. The Kier molecular flexibility index (Phi) is 5.15. The summed E-state index contributed by atoms with van der Waals surface area (Å²) in [6.45, 7) is 2.35. The van der Waals surface area contributed by atoms with E-state index in [-0.39, 0.29) is 11.4 Å². The molecule has 0 spiro atoms. The minimum Gasteiger partial charge on any atom is -0.348 e. The summed E-state index contributed by atoms with van der Waals surface area (Å²) < 4.78 is 28.1. The van der Waals surface area contributed by atoms with Crippen LogP contribution in [0, 0.1) is 6.92 Å². The van der Waals surface area contributed by atoms with Crippen LogP contribution in [0.1, 0.15) is 16.8 Å². The molecule has 1 aromatic carbocycles. The first kappa shape index (κ1) is 16.2. The second-order valence-electron chi connectivity index (χ2n) is 4.63. The topological polar surface area (TPSA) is 101 Å². The van der Waals surface area contributed by atoms with Crippen molar-refractivity contribution in [2.24, 2.45) is 5.73 Å². The van der Waals surface area contributed by atoms with Gasteiger partial charge in [-0.15, -0.1) is 0 Å². The van der Waals surface area contributed by atoms with E-state index in [1.807, 2.05) is 6.07 Å². The third-order valence-electron chi connectivity index (χ3n) is 3.12. The summed E-state index contributed by atoms with van der Waals surface area (Å²) in [6.07, 6.45) is 3.79. The van der Waals surface area contributed by atoms with Crippen molar-refractivity contribution in [3.63, 3.8) is 0 Å². The Balaban J connectivity index is 2.17. The van der Waals surface area contributed by atoms with E-state index in [2.05, 4.69) is 30.6 Å². The molecule has 4 N–H and O–H groups in total. The van der Waals surface area contributed by atoms with Gasteiger partial charge in [0.15, 0.2) is 0 Å². The Labute approximate surface area is 132 Å². The highest BCUT2D eigenvalue weighted by Gasteiger charge is 2.18. The fourth-order valence-corrected chi connectivity index (χ4v) is 3.91. The number of halogens is 1. The molecule has 0 bridgehead atoms. The fraction of sp³-hybridized carbons (Fsp3) is 0.308. The van der Waals surface area contributed by atoms with Crippen molar-refractivity contribution < 1.29 is 8.42 Å². The van der Waals surface area contributed by atoms with Crippen LogP contribution in [0.5, 0.6) is 0 Å². The van der Waals surface area contributed by atoms with Gasteiger partial charge in [-0.1, -0.05) is 15.9 Å². The maximum absolute atomic E-state index is 12.4. The van der Waals surface area contributed by atoms with Crippen LogP contribution in [-0.2, 0) is 23.0 Å². The van der Waals surface area contributed by atoms with Gasteiger partial charge in [-0.2, -0.15) is 0 Å². The van der Waals surface area contributed by atoms with Crippen LogP contribution in [-0.4, -0.2) is 24.9 Å². The molecule has 2 rings (SSSR count). The molecule has 0 atom stereocenters. The lowest BCUT2D eigenvalue weighted by molar-refractivity contribution is 0.580. The number of hydrogen-bond acceptors (Lipinski definition) is 4. The highest BCUT2D eigenvalue weighted by atomic mass is 79.9. The third kappa shape index (κ3) is 3.91. The van der Waals surface area contributed by atoms with Gasteiger partial charge < -0.3 is 10.7 Å². The normalized spacial score (nSPS) is 11.8. The number of imidazole rings is 1. The number of nitrogens with one attached hydrogen (secondary N) is 2. The van der Waals surface area contributed by atoms with Crippen molar-refractivity contribution in [1.82, 2.24) is 14.7 Å².